The number of nitrogens with zero attached hydrogens (tertiary/aromatic N) is 3. The van der Waals surface area contributed by atoms with Crippen LogP contribution in [0.4, 0.5) is 5.95 Å². The van der Waals surface area contributed by atoms with E-state index in [0.717, 1.165) is 11.8 Å². The second-order valence-corrected chi connectivity index (χ2v) is 5.65. The smallest absolute Gasteiger partial charge is 0.313 e. The number of nitrogen functional groups attached to an aromatic ring is 1. The van der Waals surface area contributed by atoms with Gasteiger partial charge in [-0.1, -0.05) is 25.6 Å². The average molecular weight is 301 g/mol. The Labute approximate surface area is 121 Å². The molecular weight excluding hydrogens is 282 g/mol. The van der Waals surface area contributed by atoms with Gasteiger partial charge in [-0.3, -0.25) is 14.2 Å². The average Bonchev–Trinajstić information content (AvgIpc) is 2.73. The Kier molecular flexibility index (Phi) is 5.81. The first-order chi connectivity index (χ1) is 9.32. The van der Waals surface area contributed by atoms with Crippen molar-refractivity contribution in [3.63, 3.8) is 0 Å². The first kappa shape index (κ1) is 16.3. The van der Waals surface area contributed by atoms with Crippen molar-refractivity contribution in [2.24, 2.45) is 5.92 Å². The van der Waals surface area contributed by atoms with Gasteiger partial charge < -0.3 is 16.2 Å². The van der Waals surface area contributed by atoms with Gasteiger partial charge in [0.25, 0.3) is 0 Å². The zero-order chi connectivity index (χ0) is 15.3. The lowest BCUT2D eigenvalue weighted by Crippen LogP contribution is -2.34. The van der Waals surface area contributed by atoms with Gasteiger partial charge in [0.15, 0.2) is 5.16 Å². The molecule has 9 heteroatoms. The van der Waals surface area contributed by atoms with E-state index in [0.29, 0.717) is 17.6 Å². The number of hydrogen-bond acceptors (Lipinski definition) is 6. The molecule has 0 aliphatic heterocycles. The Morgan fingerprint density at radius 2 is 2.05 bits per heavy atom. The van der Waals surface area contributed by atoms with Crippen LogP contribution in [0.5, 0.6) is 0 Å². The van der Waals surface area contributed by atoms with E-state index >= 15 is 0 Å². The highest BCUT2D eigenvalue weighted by Gasteiger charge is 2.22. The third-order valence-electron chi connectivity index (χ3n) is 2.47. The number of carboxylic acid groups (broad SMARTS) is 1. The van der Waals surface area contributed by atoms with E-state index in [4.69, 9.17) is 10.8 Å². The lowest BCUT2D eigenvalue weighted by atomic mass is 10.2. The van der Waals surface area contributed by atoms with E-state index in [9.17, 15) is 9.59 Å². The fraction of sp³-hybridized carbons (Fsp3) is 0.636. The van der Waals surface area contributed by atoms with E-state index in [1.54, 1.807) is 6.92 Å². The number of carbonyl (C=O) groups excluding carboxylic acids is 1. The van der Waals surface area contributed by atoms with Crippen molar-refractivity contribution in [2.45, 2.75) is 32.0 Å². The molecule has 4 N–H and O–H groups in total. The third-order valence-corrected chi connectivity index (χ3v) is 3.39. The van der Waals surface area contributed by atoms with Crippen molar-refractivity contribution in [2.75, 3.05) is 18.0 Å². The molecule has 1 atom stereocenters. The quantitative estimate of drug-likeness (QED) is 0.622. The number of nitrogens with two attached hydrogens (primary N) is 1. The molecule has 1 aromatic heterocycles. The molecule has 1 amide bonds. The Bertz CT molecular complexity index is 488. The van der Waals surface area contributed by atoms with Crippen LogP contribution in [0.3, 0.4) is 0 Å². The van der Waals surface area contributed by atoms with Gasteiger partial charge in [-0.2, -0.15) is 0 Å². The molecule has 8 nitrogen and oxygen atoms in total. The van der Waals surface area contributed by atoms with Crippen LogP contribution in [0, 0.1) is 5.92 Å². The highest BCUT2D eigenvalue weighted by molar-refractivity contribution is 7.99. The second kappa shape index (κ2) is 7.13. The SMILES string of the molecule is CC(C)CNC(=O)C(C)n1c(N)nnc1SCC(=O)O. The Morgan fingerprint density at radius 3 is 2.60 bits per heavy atom. The van der Waals surface area contributed by atoms with Crippen LogP contribution in [0.2, 0.25) is 0 Å². The number of aliphatic carboxylic acids is 1. The molecule has 1 unspecified atom stereocenters. The lowest BCUT2D eigenvalue weighted by Gasteiger charge is -2.17. The number of aromatic nitrogens is 3. The van der Waals surface area contributed by atoms with Crippen LogP contribution in [0.15, 0.2) is 5.16 Å². The maximum Gasteiger partial charge on any atom is 0.313 e. The summed E-state index contributed by atoms with van der Waals surface area (Å²) in [6.07, 6.45) is 0. The van der Waals surface area contributed by atoms with Crippen molar-refractivity contribution in [3.05, 3.63) is 0 Å². The maximum absolute atomic E-state index is 12.0. The van der Waals surface area contributed by atoms with Crippen molar-refractivity contribution in [1.29, 1.82) is 0 Å². The molecule has 0 aliphatic carbocycles. The standard InChI is InChI=1S/C11H19N5O3S/c1-6(2)4-13-9(19)7(3)16-10(12)14-15-11(16)20-5-8(17)18/h6-7H,4-5H2,1-3H3,(H2,12,14)(H,13,19)(H,17,18). The van der Waals surface area contributed by atoms with Crippen molar-refractivity contribution in [3.8, 4) is 0 Å². The summed E-state index contributed by atoms with van der Waals surface area (Å²) in [6.45, 7) is 6.21. The molecule has 0 bridgehead atoms. The molecule has 20 heavy (non-hydrogen) atoms. The van der Waals surface area contributed by atoms with Gasteiger partial charge >= 0.3 is 5.97 Å². The number of anilines is 1. The first-order valence-corrected chi connectivity index (χ1v) is 7.14. The molecule has 1 rings (SSSR count). The fourth-order valence-corrected chi connectivity index (χ4v) is 2.19. The summed E-state index contributed by atoms with van der Waals surface area (Å²) in [7, 11) is 0. The van der Waals surface area contributed by atoms with Crippen LogP contribution < -0.4 is 11.1 Å². The number of carboxylic acids is 1. The minimum Gasteiger partial charge on any atom is -0.481 e. The molecule has 1 aromatic rings. The van der Waals surface area contributed by atoms with Crippen LogP contribution in [0.25, 0.3) is 0 Å². The molecule has 1 heterocycles. The fourth-order valence-electron chi connectivity index (χ4n) is 1.45. The van der Waals surface area contributed by atoms with Gasteiger partial charge in [-0.05, 0) is 12.8 Å². The van der Waals surface area contributed by atoms with Gasteiger partial charge in [-0.15, -0.1) is 10.2 Å². The lowest BCUT2D eigenvalue weighted by molar-refractivity contribution is -0.133. The molecule has 0 spiro atoms. The van der Waals surface area contributed by atoms with E-state index in [-0.39, 0.29) is 17.6 Å². The molecule has 0 aliphatic rings. The Hall–Kier alpha value is -1.77. The number of amides is 1. The van der Waals surface area contributed by atoms with Crippen LogP contribution in [-0.2, 0) is 9.59 Å². The normalized spacial score (nSPS) is 12.4. The minimum absolute atomic E-state index is 0.0880. The summed E-state index contributed by atoms with van der Waals surface area (Å²) in [5.41, 5.74) is 5.69. The predicted molar refractivity (Wildman–Crippen MR) is 75.4 cm³/mol. The van der Waals surface area contributed by atoms with Gasteiger partial charge in [0.2, 0.25) is 11.9 Å². The predicted octanol–water partition coefficient (Wildman–Crippen LogP) is 0.370. The summed E-state index contributed by atoms with van der Waals surface area (Å²) in [4.78, 5) is 22.6. The molecule has 0 radical (unpaired) electrons. The molecular formula is C11H19N5O3S. The maximum atomic E-state index is 12.0. The zero-order valence-corrected chi connectivity index (χ0v) is 12.5. The number of carbonyl (C=O) groups is 2. The van der Waals surface area contributed by atoms with Gasteiger partial charge in [0.1, 0.15) is 6.04 Å². The molecule has 0 fully saturated rings. The van der Waals surface area contributed by atoms with E-state index < -0.39 is 12.0 Å². The van der Waals surface area contributed by atoms with Crippen LogP contribution in [0.1, 0.15) is 26.8 Å². The summed E-state index contributed by atoms with van der Waals surface area (Å²) < 4.78 is 1.43. The van der Waals surface area contributed by atoms with Gasteiger partial charge in [0.05, 0.1) is 5.75 Å². The number of hydrogen-bond donors (Lipinski definition) is 3. The molecule has 0 saturated carbocycles. The van der Waals surface area contributed by atoms with E-state index in [2.05, 4.69) is 15.5 Å². The Balaban J connectivity index is 2.80. The first-order valence-electron chi connectivity index (χ1n) is 6.15. The zero-order valence-electron chi connectivity index (χ0n) is 11.7. The molecule has 0 aromatic carbocycles. The highest BCUT2D eigenvalue weighted by atomic mass is 32.2. The second-order valence-electron chi connectivity index (χ2n) is 4.71. The van der Waals surface area contributed by atoms with Gasteiger partial charge in [0, 0.05) is 6.54 Å². The third kappa shape index (κ3) is 4.41. The van der Waals surface area contributed by atoms with Crippen molar-refractivity contribution >= 4 is 29.6 Å². The summed E-state index contributed by atoms with van der Waals surface area (Å²) >= 11 is 0.976. The summed E-state index contributed by atoms with van der Waals surface area (Å²) in [5, 5.41) is 19.3. The monoisotopic (exact) mass is 301 g/mol. The van der Waals surface area contributed by atoms with Crippen LogP contribution >= 0.6 is 11.8 Å². The van der Waals surface area contributed by atoms with Crippen molar-refractivity contribution in [1.82, 2.24) is 20.1 Å². The van der Waals surface area contributed by atoms with Gasteiger partial charge in [-0.25, -0.2) is 0 Å². The largest absolute Gasteiger partial charge is 0.481 e. The summed E-state index contributed by atoms with van der Waals surface area (Å²) in [5.74, 6) is -0.920. The molecule has 112 valence electrons. The number of rotatable bonds is 7. The van der Waals surface area contributed by atoms with E-state index in [1.807, 2.05) is 13.8 Å². The van der Waals surface area contributed by atoms with E-state index in [1.165, 1.54) is 4.57 Å². The summed E-state index contributed by atoms with van der Waals surface area (Å²) in [6, 6.07) is -0.597. The molecule has 0 saturated heterocycles. The number of thioether (sulfide) groups is 1. The number of nitrogens with one attached hydrogen (secondary N) is 1. The Morgan fingerprint density at radius 1 is 1.40 bits per heavy atom. The van der Waals surface area contributed by atoms with Crippen LogP contribution in [-0.4, -0.2) is 44.0 Å². The minimum atomic E-state index is -0.972. The highest BCUT2D eigenvalue weighted by Crippen LogP contribution is 2.22. The topological polar surface area (TPSA) is 123 Å². The van der Waals surface area contributed by atoms with Crippen molar-refractivity contribution < 1.29 is 14.7 Å².